The van der Waals surface area contributed by atoms with Crippen LogP contribution >= 0.6 is 15.9 Å². The maximum Gasteiger partial charge on any atom is 0.123 e. The maximum atomic E-state index is 13.5. The van der Waals surface area contributed by atoms with Crippen molar-refractivity contribution in [2.24, 2.45) is 5.92 Å². The smallest absolute Gasteiger partial charge is 0.123 e. The maximum absolute atomic E-state index is 13.5. The highest BCUT2D eigenvalue weighted by atomic mass is 79.9. The molecule has 1 N–H and O–H groups in total. The Kier molecular flexibility index (Phi) is 4.41. The molecular formula is C18H19BrFN. The van der Waals surface area contributed by atoms with E-state index in [1.807, 2.05) is 0 Å². The van der Waals surface area contributed by atoms with E-state index in [9.17, 15) is 4.39 Å². The minimum absolute atomic E-state index is 0.163. The molecule has 0 saturated carbocycles. The Hall–Kier alpha value is -1.19. The van der Waals surface area contributed by atoms with Crippen LogP contribution in [0.15, 0.2) is 46.9 Å². The van der Waals surface area contributed by atoms with Crippen LogP contribution in [0, 0.1) is 11.7 Å². The van der Waals surface area contributed by atoms with Gasteiger partial charge < -0.3 is 5.32 Å². The fraction of sp³-hybridized carbons (Fsp3) is 0.333. The first kappa shape index (κ1) is 14.7. The van der Waals surface area contributed by atoms with Crippen molar-refractivity contribution in [3.05, 3.63) is 69.4 Å². The third kappa shape index (κ3) is 3.04. The lowest BCUT2D eigenvalue weighted by Crippen LogP contribution is -2.26. The number of fused-ring (bicyclic) bond motifs is 1. The van der Waals surface area contributed by atoms with Crippen molar-refractivity contribution >= 4 is 15.9 Å². The van der Waals surface area contributed by atoms with Crippen LogP contribution in [-0.4, -0.2) is 6.54 Å². The normalized spacial score (nSPS) is 20.5. The fourth-order valence-electron chi connectivity index (χ4n) is 3.35. The molecule has 0 bridgehead atoms. The van der Waals surface area contributed by atoms with Gasteiger partial charge in [0.1, 0.15) is 5.82 Å². The first-order valence-corrected chi connectivity index (χ1v) is 8.23. The fourth-order valence-corrected chi connectivity index (χ4v) is 3.76. The molecule has 21 heavy (non-hydrogen) atoms. The molecule has 0 heterocycles. The van der Waals surface area contributed by atoms with Gasteiger partial charge in [0, 0.05) is 10.5 Å². The molecule has 2 unspecified atom stereocenters. The molecule has 3 heteroatoms. The second-order valence-electron chi connectivity index (χ2n) is 5.64. The zero-order valence-corrected chi connectivity index (χ0v) is 13.7. The molecule has 2 atom stereocenters. The van der Waals surface area contributed by atoms with E-state index in [0.29, 0.717) is 12.0 Å². The van der Waals surface area contributed by atoms with Gasteiger partial charge >= 0.3 is 0 Å². The molecule has 0 aliphatic heterocycles. The minimum atomic E-state index is -0.163. The Labute approximate surface area is 133 Å². The van der Waals surface area contributed by atoms with Crippen LogP contribution in [0.2, 0.25) is 0 Å². The molecule has 1 nitrogen and oxygen atoms in total. The minimum Gasteiger partial charge on any atom is -0.310 e. The van der Waals surface area contributed by atoms with E-state index in [1.54, 1.807) is 12.1 Å². The Morgan fingerprint density at radius 1 is 1.24 bits per heavy atom. The van der Waals surface area contributed by atoms with Crippen molar-refractivity contribution in [3.8, 4) is 0 Å². The topological polar surface area (TPSA) is 12.0 Å². The quantitative estimate of drug-likeness (QED) is 0.848. The van der Waals surface area contributed by atoms with Crippen molar-refractivity contribution in [3.63, 3.8) is 0 Å². The summed E-state index contributed by atoms with van der Waals surface area (Å²) >= 11 is 3.54. The summed E-state index contributed by atoms with van der Waals surface area (Å²) in [6.45, 7) is 3.08. The lowest BCUT2D eigenvalue weighted by molar-refractivity contribution is 0.393. The van der Waals surface area contributed by atoms with Crippen molar-refractivity contribution in [1.82, 2.24) is 5.32 Å². The molecule has 0 fully saturated rings. The largest absolute Gasteiger partial charge is 0.310 e. The molecule has 0 aromatic heterocycles. The summed E-state index contributed by atoms with van der Waals surface area (Å²) in [5, 5.41) is 3.60. The molecule has 3 rings (SSSR count). The van der Waals surface area contributed by atoms with Crippen LogP contribution in [0.25, 0.3) is 0 Å². The van der Waals surface area contributed by atoms with E-state index < -0.39 is 0 Å². The zero-order chi connectivity index (χ0) is 14.8. The lowest BCUT2D eigenvalue weighted by atomic mass is 9.92. The highest BCUT2D eigenvalue weighted by Gasteiger charge is 2.31. The van der Waals surface area contributed by atoms with E-state index >= 15 is 0 Å². The first-order chi connectivity index (χ1) is 10.2. The summed E-state index contributed by atoms with van der Waals surface area (Å²) < 4.78 is 14.5. The highest BCUT2D eigenvalue weighted by Crippen LogP contribution is 2.38. The molecule has 1 aliphatic carbocycles. The Morgan fingerprint density at radius 3 is 2.86 bits per heavy atom. The van der Waals surface area contributed by atoms with Crippen LogP contribution in [0.5, 0.6) is 0 Å². The van der Waals surface area contributed by atoms with Crippen molar-refractivity contribution in [1.29, 1.82) is 0 Å². The predicted octanol–water partition coefficient (Wildman–Crippen LogP) is 4.65. The SMILES string of the molecule is CCNC1c2ccccc2CC1Cc1cc(F)ccc1Br. The third-order valence-electron chi connectivity index (χ3n) is 4.26. The summed E-state index contributed by atoms with van der Waals surface area (Å²) in [5.41, 5.74) is 3.87. The van der Waals surface area contributed by atoms with Gasteiger partial charge in [-0.2, -0.15) is 0 Å². The van der Waals surface area contributed by atoms with E-state index in [4.69, 9.17) is 0 Å². The summed E-state index contributed by atoms with van der Waals surface area (Å²) in [5.74, 6) is 0.309. The number of rotatable bonds is 4. The Morgan fingerprint density at radius 2 is 2.05 bits per heavy atom. The molecule has 0 saturated heterocycles. The number of nitrogens with one attached hydrogen (secondary N) is 1. The number of hydrogen-bond donors (Lipinski definition) is 1. The van der Waals surface area contributed by atoms with Crippen LogP contribution in [0.3, 0.4) is 0 Å². The molecule has 0 radical (unpaired) electrons. The second-order valence-corrected chi connectivity index (χ2v) is 6.49. The van der Waals surface area contributed by atoms with Crippen LogP contribution in [-0.2, 0) is 12.8 Å². The van der Waals surface area contributed by atoms with Gasteiger partial charge in [-0.05, 0) is 60.2 Å². The summed E-state index contributed by atoms with van der Waals surface area (Å²) in [7, 11) is 0. The van der Waals surface area contributed by atoms with Crippen molar-refractivity contribution < 1.29 is 4.39 Å². The van der Waals surface area contributed by atoms with Gasteiger partial charge in [0.25, 0.3) is 0 Å². The Balaban J connectivity index is 1.87. The standard InChI is InChI=1S/C18H19BrFN/c1-2-21-18-14(9-12-5-3-4-6-16(12)18)10-13-11-15(20)7-8-17(13)19/h3-8,11,14,18,21H,2,9-10H2,1H3. The van der Waals surface area contributed by atoms with Crippen molar-refractivity contribution in [2.45, 2.75) is 25.8 Å². The van der Waals surface area contributed by atoms with E-state index in [-0.39, 0.29) is 5.82 Å². The van der Waals surface area contributed by atoms with E-state index in [1.165, 1.54) is 17.2 Å². The third-order valence-corrected chi connectivity index (χ3v) is 5.03. The van der Waals surface area contributed by atoms with Gasteiger partial charge in [0.15, 0.2) is 0 Å². The first-order valence-electron chi connectivity index (χ1n) is 7.44. The van der Waals surface area contributed by atoms with Gasteiger partial charge in [-0.25, -0.2) is 4.39 Å². The lowest BCUT2D eigenvalue weighted by Gasteiger charge is -2.22. The zero-order valence-electron chi connectivity index (χ0n) is 12.1. The van der Waals surface area contributed by atoms with E-state index in [0.717, 1.165) is 29.4 Å². The highest BCUT2D eigenvalue weighted by molar-refractivity contribution is 9.10. The van der Waals surface area contributed by atoms with Gasteiger partial charge in [-0.1, -0.05) is 47.1 Å². The molecule has 110 valence electrons. The predicted molar refractivity (Wildman–Crippen MR) is 87.9 cm³/mol. The summed E-state index contributed by atoms with van der Waals surface area (Å²) in [6.07, 6.45) is 1.93. The molecule has 1 aliphatic rings. The molecule has 0 spiro atoms. The van der Waals surface area contributed by atoms with Gasteiger partial charge in [0.2, 0.25) is 0 Å². The average Bonchev–Trinajstić information content (AvgIpc) is 2.81. The molecule has 2 aromatic carbocycles. The van der Waals surface area contributed by atoms with Gasteiger partial charge in [0.05, 0.1) is 0 Å². The van der Waals surface area contributed by atoms with Crippen LogP contribution in [0.1, 0.15) is 29.7 Å². The monoisotopic (exact) mass is 347 g/mol. The summed E-state index contributed by atoms with van der Waals surface area (Å²) in [4.78, 5) is 0. The number of hydrogen-bond acceptors (Lipinski definition) is 1. The average molecular weight is 348 g/mol. The van der Waals surface area contributed by atoms with Crippen LogP contribution in [0.4, 0.5) is 4.39 Å². The van der Waals surface area contributed by atoms with Gasteiger partial charge in [-0.15, -0.1) is 0 Å². The van der Waals surface area contributed by atoms with Gasteiger partial charge in [-0.3, -0.25) is 0 Å². The molecule has 2 aromatic rings. The molecule has 0 amide bonds. The summed E-state index contributed by atoms with van der Waals surface area (Å²) in [6, 6.07) is 13.9. The number of halogens is 2. The van der Waals surface area contributed by atoms with E-state index in [2.05, 4.69) is 52.4 Å². The molecular weight excluding hydrogens is 329 g/mol. The van der Waals surface area contributed by atoms with Crippen LogP contribution < -0.4 is 5.32 Å². The van der Waals surface area contributed by atoms with Crippen molar-refractivity contribution in [2.75, 3.05) is 6.54 Å². The number of benzene rings is 2. The second kappa shape index (κ2) is 6.29. The Bertz CT molecular complexity index is 641.